The van der Waals surface area contributed by atoms with Crippen molar-refractivity contribution in [3.05, 3.63) is 0 Å². The fraction of sp³-hybridized carbons (Fsp3) is 0.500. The van der Waals surface area contributed by atoms with E-state index in [1.54, 1.807) is 0 Å². The third-order valence-corrected chi connectivity index (χ3v) is 1.22. The van der Waals surface area contributed by atoms with Gasteiger partial charge in [-0.05, 0) is 6.92 Å². The van der Waals surface area contributed by atoms with Crippen LogP contribution in [-0.2, 0) is 9.59 Å². The molecule has 6 N–H and O–H groups in total. The van der Waals surface area contributed by atoms with Crippen LogP contribution < -0.4 is 22.1 Å². The summed E-state index contributed by atoms with van der Waals surface area (Å²) in [6, 6.07) is -1.63. The number of amides is 4. The third kappa shape index (κ3) is 5.62. The molecule has 0 spiro atoms. The number of hydrogen-bond acceptors (Lipinski definition) is 4. The molecule has 0 bridgehead atoms. The summed E-state index contributed by atoms with van der Waals surface area (Å²) in [5, 5.41) is 4.34. The molecular weight excluding hydrogens is 176 g/mol. The Hall–Kier alpha value is -1.63. The highest BCUT2D eigenvalue weighted by atomic mass is 16.2. The van der Waals surface area contributed by atoms with Gasteiger partial charge in [0.05, 0.1) is 12.6 Å². The van der Waals surface area contributed by atoms with Crippen LogP contribution in [0.5, 0.6) is 0 Å². The van der Waals surface area contributed by atoms with Crippen molar-refractivity contribution in [3.8, 4) is 0 Å². The van der Waals surface area contributed by atoms with E-state index >= 15 is 0 Å². The fourth-order valence-corrected chi connectivity index (χ4v) is 0.576. The van der Waals surface area contributed by atoms with Gasteiger partial charge in [-0.1, -0.05) is 0 Å². The quantitative estimate of drug-likeness (QED) is 0.393. The number of nitrogens with two attached hydrogens (primary N) is 2. The smallest absolute Gasteiger partial charge is 0.318 e. The van der Waals surface area contributed by atoms with Gasteiger partial charge in [0.2, 0.25) is 11.8 Å². The molecule has 74 valence electrons. The van der Waals surface area contributed by atoms with E-state index in [-0.39, 0.29) is 6.54 Å². The largest absolute Gasteiger partial charge is 0.369 e. The maximum absolute atomic E-state index is 10.9. The summed E-state index contributed by atoms with van der Waals surface area (Å²) in [6.07, 6.45) is 0. The Kier molecular flexibility index (Phi) is 4.45. The van der Waals surface area contributed by atoms with Gasteiger partial charge < -0.3 is 11.5 Å². The first-order chi connectivity index (χ1) is 5.93. The van der Waals surface area contributed by atoms with Crippen LogP contribution in [0.25, 0.3) is 0 Å². The second-order valence-corrected chi connectivity index (χ2v) is 2.42. The van der Waals surface area contributed by atoms with E-state index < -0.39 is 23.9 Å². The van der Waals surface area contributed by atoms with Gasteiger partial charge in [-0.3, -0.25) is 20.2 Å². The second kappa shape index (κ2) is 5.09. The summed E-state index contributed by atoms with van der Waals surface area (Å²) < 4.78 is 0. The number of urea groups is 1. The van der Waals surface area contributed by atoms with Crippen molar-refractivity contribution in [2.75, 3.05) is 6.54 Å². The molecule has 0 aromatic carbocycles. The van der Waals surface area contributed by atoms with E-state index in [9.17, 15) is 14.4 Å². The van der Waals surface area contributed by atoms with E-state index in [0.717, 1.165) is 0 Å². The standard InChI is InChI=1S/C6H12N4O3/c1-3(9-2-4(7)11)5(12)10-6(8)13/h3,9H,2H2,1H3,(H2,7,11)(H3,8,10,12,13). The van der Waals surface area contributed by atoms with Crippen LogP contribution in [-0.4, -0.2) is 30.4 Å². The van der Waals surface area contributed by atoms with E-state index in [0.29, 0.717) is 0 Å². The van der Waals surface area contributed by atoms with Gasteiger partial charge in [0.15, 0.2) is 0 Å². The van der Waals surface area contributed by atoms with Crippen LogP contribution in [0.4, 0.5) is 4.79 Å². The molecule has 7 nitrogen and oxygen atoms in total. The first-order valence-corrected chi connectivity index (χ1v) is 3.55. The maximum Gasteiger partial charge on any atom is 0.318 e. The summed E-state index contributed by atoms with van der Waals surface area (Å²) in [6.45, 7) is 1.34. The lowest BCUT2D eigenvalue weighted by atomic mass is 10.3. The molecule has 0 aromatic heterocycles. The van der Waals surface area contributed by atoms with Crippen molar-refractivity contribution in [1.29, 1.82) is 0 Å². The van der Waals surface area contributed by atoms with Crippen molar-refractivity contribution in [1.82, 2.24) is 10.6 Å². The highest BCUT2D eigenvalue weighted by Gasteiger charge is 2.13. The first-order valence-electron chi connectivity index (χ1n) is 3.55. The van der Waals surface area contributed by atoms with Crippen LogP contribution in [0.1, 0.15) is 6.92 Å². The molecule has 1 unspecified atom stereocenters. The zero-order valence-electron chi connectivity index (χ0n) is 7.16. The lowest BCUT2D eigenvalue weighted by molar-refractivity contribution is -0.122. The minimum atomic E-state index is -0.933. The van der Waals surface area contributed by atoms with Crippen molar-refractivity contribution in [2.45, 2.75) is 13.0 Å². The van der Waals surface area contributed by atoms with E-state index in [4.69, 9.17) is 11.5 Å². The van der Waals surface area contributed by atoms with E-state index in [1.807, 2.05) is 5.32 Å². The minimum absolute atomic E-state index is 0.132. The molecule has 13 heavy (non-hydrogen) atoms. The predicted molar refractivity (Wildman–Crippen MR) is 44.4 cm³/mol. The van der Waals surface area contributed by atoms with Crippen LogP contribution in [0, 0.1) is 0 Å². The highest BCUT2D eigenvalue weighted by Crippen LogP contribution is 1.80. The van der Waals surface area contributed by atoms with Crippen LogP contribution >= 0.6 is 0 Å². The normalized spacial score (nSPS) is 11.8. The lowest BCUT2D eigenvalue weighted by Crippen LogP contribution is -2.48. The molecular formula is C6H12N4O3. The van der Waals surface area contributed by atoms with Gasteiger partial charge in [-0.25, -0.2) is 4.79 Å². The van der Waals surface area contributed by atoms with Gasteiger partial charge in [0, 0.05) is 0 Å². The van der Waals surface area contributed by atoms with Crippen LogP contribution in [0.2, 0.25) is 0 Å². The lowest BCUT2D eigenvalue weighted by Gasteiger charge is -2.10. The number of nitrogens with one attached hydrogen (secondary N) is 2. The molecule has 4 amide bonds. The topological polar surface area (TPSA) is 127 Å². The summed E-state index contributed by atoms with van der Waals surface area (Å²) in [5.41, 5.74) is 9.51. The van der Waals surface area contributed by atoms with Crippen molar-refractivity contribution in [2.24, 2.45) is 11.5 Å². The SMILES string of the molecule is CC(NCC(N)=O)C(=O)NC(N)=O. The maximum atomic E-state index is 10.9. The second-order valence-electron chi connectivity index (χ2n) is 2.42. The Morgan fingerprint density at radius 2 is 1.85 bits per heavy atom. The minimum Gasteiger partial charge on any atom is -0.369 e. The van der Waals surface area contributed by atoms with Gasteiger partial charge in [-0.15, -0.1) is 0 Å². The summed E-state index contributed by atoms with van der Waals surface area (Å²) in [7, 11) is 0. The molecule has 0 fully saturated rings. The molecule has 0 heterocycles. The number of carbonyl (C=O) groups excluding carboxylic acids is 3. The number of carbonyl (C=O) groups is 3. The molecule has 0 aliphatic rings. The molecule has 0 rings (SSSR count). The Labute approximate surface area is 74.8 Å². The zero-order valence-corrected chi connectivity index (χ0v) is 7.16. The Balaban J connectivity index is 3.82. The number of hydrogen-bond donors (Lipinski definition) is 4. The van der Waals surface area contributed by atoms with Crippen molar-refractivity contribution >= 4 is 17.8 Å². The fourth-order valence-electron chi connectivity index (χ4n) is 0.576. The zero-order chi connectivity index (χ0) is 10.4. The summed E-state index contributed by atoms with van der Waals surface area (Å²) in [4.78, 5) is 31.4. The average Bonchev–Trinajstić information content (AvgIpc) is 1.98. The average molecular weight is 188 g/mol. The Bertz CT molecular complexity index is 228. The van der Waals surface area contributed by atoms with Gasteiger partial charge >= 0.3 is 6.03 Å². The Morgan fingerprint density at radius 3 is 2.23 bits per heavy atom. The van der Waals surface area contributed by atoms with Crippen LogP contribution in [0.3, 0.4) is 0 Å². The summed E-state index contributed by atoms with van der Waals surface area (Å²) >= 11 is 0. The molecule has 0 aliphatic heterocycles. The van der Waals surface area contributed by atoms with Crippen molar-refractivity contribution in [3.63, 3.8) is 0 Å². The van der Waals surface area contributed by atoms with Gasteiger partial charge in [0.1, 0.15) is 0 Å². The number of primary amides is 2. The van der Waals surface area contributed by atoms with Crippen molar-refractivity contribution < 1.29 is 14.4 Å². The Morgan fingerprint density at radius 1 is 1.31 bits per heavy atom. The summed E-state index contributed by atoms with van der Waals surface area (Å²) in [5.74, 6) is -1.19. The number of rotatable bonds is 4. The molecule has 0 saturated carbocycles. The van der Waals surface area contributed by atoms with Gasteiger partial charge in [-0.2, -0.15) is 0 Å². The predicted octanol–water partition coefficient (Wildman–Crippen LogP) is -2.36. The molecule has 0 saturated heterocycles. The molecule has 0 radical (unpaired) electrons. The molecule has 0 aromatic rings. The molecule has 1 atom stereocenters. The van der Waals surface area contributed by atoms with E-state index in [1.165, 1.54) is 6.92 Å². The van der Waals surface area contributed by atoms with E-state index in [2.05, 4.69) is 5.32 Å². The monoisotopic (exact) mass is 188 g/mol. The highest BCUT2D eigenvalue weighted by molar-refractivity contribution is 5.96. The number of imide groups is 1. The van der Waals surface area contributed by atoms with Gasteiger partial charge in [0.25, 0.3) is 0 Å². The molecule has 0 aliphatic carbocycles. The first kappa shape index (κ1) is 11.4. The van der Waals surface area contributed by atoms with Crippen LogP contribution in [0.15, 0.2) is 0 Å². The molecule has 7 heteroatoms. The third-order valence-electron chi connectivity index (χ3n) is 1.22.